The van der Waals surface area contributed by atoms with E-state index in [1.54, 1.807) is 0 Å². The summed E-state index contributed by atoms with van der Waals surface area (Å²) in [5.41, 5.74) is 0. The molecule has 2 aliphatic rings. The van der Waals surface area contributed by atoms with Gasteiger partial charge in [-0.2, -0.15) is 0 Å². The maximum absolute atomic E-state index is 11.3. The van der Waals surface area contributed by atoms with Crippen LogP contribution in [0.5, 0.6) is 0 Å². The number of halogens is 1. The fourth-order valence-corrected chi connectivity index (χ4v) is 2.61. The van der Waals surface area contributed by atoms with E-state index in [4.69, 9.17) is 9.47 Å². The highest BCUT2D eigenvalue weighted by Crippen LogP contribution is 2.35. The fourth-order valence-electron chi connectivity index (χ4n) is 1.88. The lowest BCUT2D eigenvalue weighted by Gasteiger charge is -2.43. The van der Waals surface area contributed by atoms with Gasteiger partial charge in [-0.3, -0.25) is 4.79 Å². The predicted molar refractivity (Wildman–Crippen MR) is 54.6 cm³/mol. The van der Waals surface area contributed by atoms with Gasteiger partial charge < -0.3 is 14.8 Å². The fraction of sp³-hybridized carbons (Fsp3) is 0.875. The monoisotopic (exact) mass is 297 g/mol. The van der Waals surface area contributed by atoms with Crippen LogP contribution < -0.4 is 5.32 Å². The van der Waals surface area contributed by atoms with Crippen molar-refractivity contribution in [1.29, 1.82) is 0 Å². The zero-order valence-electron chi connectivity index (χ0n) is 7.38. The molecule has 0 spiro atoms. The first kappa shape index (κ1) is 9.67. The highest BCUT2D eigenvalue weighted by Gasteiger charge is 2.54. The van der Waals surface area contributed by atoms with Crippen LogP contribution in [0.15, 0.2) is 0 Å². The highest BCUT2D eigenvalue weighted by molar-refractivity contribution is 14.1. The van der Waals surface area contributed by atoms with Crippen LogP contribution in [0.25, 0.3) is 0 Å². The van der Waals surface area contributed by atoms with Crippen molar-refractivity contribution >= 4 is 28.5 Å². The van der Waals surface area contributed by atoms with Gasteiger partial charge in [0.25, 0.3) is 0 Å². The topological polar surface area (TPSA) is 47.6 Å². The number of rotatable bonds is 2. The van der Waals surface area contributed by atoms with Gasteiger partial charge in [-0.05, 0) is 6.92 Å². The normalized spacial score (nSPS) is 36.9. The molecule has 2 saturated heterocycles. The maximum atomic E-state index is 11.3. The number of amides is 1. The Hall–Kier alpha value is 0.120. The lowest BCUT2D eigenvalue weighted by atomic mass is 9.85. The van der Waals surface area contributed by atoms with Crippen LogP contribution in [-0.2, 0) is 14.3 Å². The zero-order valence-corrected chi connectivity index (χ0v) is 9.54. The molecule has 0 aromatic carbocycles. The van der Waals surface area contributed by atoms with E-state index in [2.05, 4.69) is 27.9 Å². The summed E-state index contributed by atoms with van der Waals surface area (Å²) in [5.74, 6) is -0.768. The molecule has 2 aliphatic heterocycles. The van der Waals surface area contributed by atoms with Crippen molar-refractivity contribution in [1.82, 2.24) is 5.32 Å². The van der Waals surface area contributed by atoms with E-state index in [0.717, 1.165) is 4.43 Å². The average Bonchev–Trinajstić information content (AvgIpc) is 2.47. The Morgan fingerprint density at radius 2 is 2.23 bits per heavy atom. The van der Waals surface area contributed by atoms with Crippen LogP contribution in [0.1, 0.15) is 6.92 Å². The number of hydrogen-bond donors (Lipinski definition) is 1. The Morgan fingerprint density at radius 3 is 2.69 bits per heavy atom. The largest absolute Gasteiger partial charge is 0.351 e. The highest BCUT2D eigenvalue weighted by atomic mass is 127. The van der Waals surface area contributed by atoms with E-state index < -0.39 is 5.79 Å². The zero-order chi connectivity index (χ0) is 9.47. The summed E-state index contributed by atoms with van der Waals surface area (Å²) in [4.78, 5) is 11.3. The van der Waals surface area contributed by atoms with Gasteiger partial charge in [0.1, 0.15) is 5.92 Å². The van der Waals surface area contributed by atoms with Crippen molar-refractivity contribution in [3.63, 3.8) is 0 Å². The molecule has 2 rings (SSSR count). The van der Waals surface area contributed by atoms with Crippen molar-refractivity contribution in [3.8, 4) is 0 Å². The third-order valence-corrected chi connectivity index (χ3v) is 3.55. The average molecular weight is 297 g/mol. The number of β-lactam (4-membered cyclic amide) rings is 1. The second-order valence-electron chi connectivity index (χ2n) is 3.46. The first-order chi connectivity index (χ1) is 6.17. The number of alkyl halides is 1. The Bertz CT molecular complexity index is 227. The van der Waals surface area contributed by atoms with Gasteiger partial charge in [0.2, 0.25) is 5.91 Å². The van der Waals surface area contributed by atoms with Gasteiger partial charge in [-0.1, -0.05) is 22.6 Å². The van der Waals surface area contributed by atoms with Crippen LogP contribution in [-0.4, -0.2) is 35.4 Å². The molecule has 0 aromatic rings. The number of ether oxygens (including phenoxy) is 2. The quantitative estimate of drug-likeness (QED) is 0.453. The van der Waals surface area contributed by atoms with Crippen LogP contribution in [0, 0.1) is 5.92 Å². The summed E-state index contributed by atoms with van der Waals surface area (Å²) in [6.07, 6.45) is 0. The molecule has 13 heavy (non-hydrogen) atoms. The summed E-state index contributed by atoms with van der Waals surface area (Å²) >= 11 is 2.26. The van der Waals surface area contributed by atoms with Gasteiger partial charge >= 0.3 is 0 Å². The molecule has 4 nitrogen and oxygen atoms in total. The van der Waals surface area contributed by atoms with Gasteiger partial charge in [-0.25, -0.2) is 0 Å². The van der Waals surface area contributed by atoms with Crippen molar-refractivity contribution in [2.75, 3.05) is 17.6 Å². The summed E-state index contributed by atoms with van der Waals surface area (Å²) in [6, 6.07) is 0.205. The lowest BCUT2D eigenvalue weighted by molar-refractivity contribution is -0.205. The first-order valence-corrected chi connectivity index (χ1v) is 5.84. The van der Waals surface area contributed by atoms with E-state index >= 15 is 0 Å². The third kappa shape index (κ3) is 1.46. The van der Waals surface area contributed by atoms with Crippen molar-refractivity contribution < 1.29 is 14.3 Å². The molecular formula is C8H12INO3. The van der Waals surface area contributed by atoms with E-state index in [-0.39, 0.29) is 17.9 Å². The Kier molecular flexibility index (Phi) is 2.50. The Labute approximate surface area is 90.5 Å². The molecule has 0 aliphatic carbocycles. The molecule has 0 aromatic heterocycles. The van der Waals surface area contributed by atoms with Gasteiger partial charge in [0.15, 0.2) is 5.79 Å². The standard InChI is InChI=1S/C8H12INO3/c1-8(12-2-3-13-8)6-5(4-9)10-7(6)11/h5-6H,2-4H2,1H3,(H,10,11). The first-order valence-electron chi connectivity index (χ1n) is 4.31. The van der Waals surface area contributed by atoms with Crippen LogP contribution >= 0.6 is 22.6 Å². The van der Waals surface area contributed by atoms with Crippen LogP contribution in [0.4, 0.5) is 0 Å². The molecule has 0 bridgehead atoms. The second-order valence-corrected chi connectivity index (χ2v) is 4.34. The summed E-state index contributed by atoms with van der Waals surface area (Å²) in [6.45, 7) is 3.03. The predicted octanol–water partition coefficient (Wildman–Crippen LogP) is 0.299. The molecule has 1 amide bonds. The van der Waals surface area contributed by atoms with E-state index in [0.29, 0.717) is 13.2 Å². The molecule has 2 unspecified atom stereocenters. The summed E-state index contributed by atoms with van der Waals surface area (Å²) < 4.78 is 11.8. The molecule has 74 valence electrons. The molecule has 5 heteroatoms. The van der Waals surface area contributed by atoms with Crippen LogP contribution in [0.2, 0.25) is 0 Å². The number of carbonyl (C=O) groups excluding carboxylic acids is 1. The van der Waals surface area contributed by atoms with Gasteiger partial charge in [0.05, 0.1) is 19.3 Å². The summed E-state index contributed by atoms with van der Waals surface area (Å²) in [5, 5.41) is 2.84. The third-order valence-electron chi connectivity index (χ3n) is 2.60. The van der Waals surface area contributed by atoms with E-state index in [1.165, 1.54) is 0 Å². The second kappa shape index (κ2) is 3.36. The van der Waals surface area contributed by atoms with Crippen molar-refractivity contribution in [2.24, 2.45) is 5.92 Å². The molecule has 2 heterocycles. The van der Waals surface area contributed by atoms with E-state index in [1.807, 2.05) is 6.92 Å². The molecular weight excluding hydrogens is 285 g/mol. The summed E-state index contributed by atoms with van der Waals surface area (Å²) in [7, 11) is 0. The molecule has 0 saturated carbocycles. The van der Waals surface area contributed by atoms with Gasteiger partial charge in [-0.15, -0.1) is 0 Å². The Balaban J connectivity index is 2.09. The molecule has 2 atom stereocenters. The van der Waals surface area contributed by atoms with Crippen LogP contribution in [0.3, 0.4) is 0 Å². The molecule has 2 fully saturated rings. The van der Waals surface area contributed by atoms with E-state index in [9.17, 15) is 4.79 Å². The molecule has 0 radical (unpaired) electrons. The number of nitrogens with one attached hydrogen (secondary N) is 1. The molecule has 1 N–H and O–H groups in total. The van der Waals surface area contributed by atoms with Crippen molar-refractivity contribution in [2.45, 2.75) is 18.8 Å². The maximum Gasteiger partial charge on any atom is 0.230 e. The minimum atomic E-state index is -0.682. The smallest absolute Gasteiger partial charge is 0.230 e. The number of hydrogen-bond acceptors (Lipinski definition) is 3. The Morgan fingerprint density at radius 1 is 1.62 bits per heavy atom. The minimum absolute atomic E-state index is 0.0473. The lowest BCUT2D eigenvalue weighted by Crippen LogP contribution is -2.67. The van der Waals surface area contributed by atoms with Crippen molar-refractivity contribution in [3.05, 3.63) is 0 Å². The number of carbonyl (C=O) groups is 1. The SMILES string of the molecule is CC1(C2C(=O)NC2CI)OCCO1. The van der Waals surface area contributed by atoms with Gasteiger partial charge in [0, 0.05) is 4.43 Å². The minimum Gasteiger partial charge on any atom is -0.351 e.